The Morgan fingerprint density at radius 1 is 1.43 bits per heavy atom. The smallest absolute Gasteiger partial charge is 0.387 e. The summed E-state index contributed by atoms with van der Waals surface area (Å²) >= 11 is 1.22. The zero-order valence-corrected chi connectivity index (χ0v) is 12.6. The number of amides is 1. The Hall–Kier alpha value is -1.21. The molecule has 2 aliphatic rings. The van der Waals surface area contributed by atoms with E-state index in [1.807, 2.05) is 0 Å². The van der Waals surface area contributed by atoms with Crippen LogP contribution in [0.2, 0.25) is 0 Å². The van der Waals surface area contributed by atoms with Gasteiger partial charge in [0.15, 0.2) is 0 Å². The maximum Gasteiger partial charge on any atom is 0.387 e. The quantitative estimate of drug-likeness (QED) is 0.931. The van der Waals surface area contributed by atoms with Gasteiger partial charge in [-0.15, -0.1) is 11.3 Å². The number of hydrogen-bond acceptors (Lipinski definition) is 4. The second-order valence-corrected chi connectivity index (χ2v) is 7.08. The summed E-state index contributed by atoms with van der Waals surface area (Å²) in [5, 5.41) is 3.28. The highest BCUT2D eigenvalue weighted by atomic mass is 32.1. The van der Waals surface area contributed by atoms with Crippen LogP contribution in [-0.4, -0.2) is 43.6 Å². The first-order valence-electron chi connectivity index (χ1n) is 7.04. The van der Waals surface area contributed by atoms with Gasteiger partial charge in [-0.25, -0.2) is 0 Å². The molecule has 2 aliphatic heterocycles. The minimum absolute atomic E-state index is 0.00287. The lowest BCUT2D eigenvalue weighted by Crippen LogP contribution is -2.58. The van der Waals surface area contributed by atoms with Crippen molar-refractivity contribution >= 4 is 17.2 Å². The molecule has 1 aromatic rings. The van der Waals surface area contributed by atoms with Crippen LogP contribution in [0.3, 0.4) is 0 Å². The molecule has 0 radical (unpaired) electrons. The molecule has 1 spiro atoms. The van der Waals surface area contributed by atoms with Crippen molar-refractivity contribution < 1.29 is 18.3 Å². The first kappa shape index (κ1) is 14.7. The maximum absolute atomic E-state index is 12.5. The van der Waals surface area contributed by atoms with Gasteiger partial charge in [-0.3, -0.25) is 4.79 Å². The normalized spacial score (nSPS) is 20.7. The molecule has 0 unspecified atom stereocenters. The fourth-order valence-electron chi connectivity index (χ4n) is 2.98. The molecular weight excluding hydrogens is 298 g/mol. The number of nitrogens with zero attached hydrogens (tertiary/aromatic N) is 1. The van der Waals surface area contributed by atoms with E-state index in [1.165, 1.54) is 17.4 Å². The maximum atomic E-state index is 12.5. The Labute approximate surface area is 126 Å². The van der Waals surface area contributed by atoms with Crippen LogP contribution in [0.4, 0.5) is 8.78 Å². The molecule has 1 aromatic heterocycles. The molecule has 0 bridgehead atoms. The van der Waals surface area contributed by atoms with Gasteiger partial charge >= 0.3 is 6.61 Å². The Morgan fingerprint density at radius 2 is 2.10 bits per heavy atom. The summed E-state index contributed by atoms with van der Waals surface area (Å²) in [4.78, 5) is 15.4. The second-order valence-electron chi connectivity index (χ2n) is 5.82. The van der Waals surface area contributed by atoms with Gasteiger partial charge in [-0.05, 0) is 31.2 Å². The predicted octanol–water partition coefficient (Wildman–Crippen LogP) is 2.48. The van der Waals surface area contributed by atoms with Gasteiger partial charge in [-0.2, -0.15) is 8.78 Å². The van der Waals surface area contributed by atoms with Crippen molar-refractivity contribution in [1.82, 2.24) is 10.2 Å². The SMILES string of the molecule is Cc1cc(OC(F)F)c(C(=O)N2CCC3(CC2)CNC3)s1. The lowest BCUT2D eigenvalue weighted by Gasteiger charge is -2.48. The van der Waals surface area contributed by atoms with E-state index in [-0.39, 0.29) is 16.5 Å². The number of likely N-dealkylation sites (tertiary alicyclic amines) is 1. The van der Waals surface area contributed by atoms with Crippen LogP contribution in [-0.2, 0) is 0 Å². The molecule has 0 atom stereocenters. The Kier molecular flexibility index (Phi) is 3.88. The molecule has 2 fully saturated rings. The fourth-order valence-corrected chi connectivity index (χ4v) is 3.90. The lowest BCUT2D eigenvalue weighted by atomic mass is 9.73. The van der Waals surface area contributed by atoms with Crippen LogP contribution >= 0.6 is 11.3 Å². The van der Waals surface area contributed by atoms with Gasteiger partial charge in [0.05, 0.1) is 0 Å². The van der Waals surface area contributed by atoms with E-state index in [0.29, 0.717) is 18.5 Å². The average Bonchev–Trinajstić information content (AvgIpc) is 2.76. The molecule has 7 heteroatoms. The summed E-state index contributed by atoms with van der Waals surface area (Å²) in [6.45, 7) is 2.29. The summed E-state index contributed by atoms with van der Waals surface area (Å²) in [7, 11) is 0. The highest BCUT2D eigenvalue weighted by Gasteiger charge is 2.41. The molecule has 0 aromatic carbocycles. The predicted molar refractivity (Wildman–Crippen MR) is 76.1 cm³/mol. The van der Waals surface area contributed by atoms with Crippen LogP contribution in [0.25, 0.3) is 0 Å². The number of aryl methyl sites for hydroxylation is 1. The summed E-state index contributed by atoms with van der Waals surface area (Å²) in [5.41, 5.74) is 0.352. The van der Waals surface area contributed by atoms with Crippen molar-refractivity contribution in [2.24, 2.45) is 5.41 Å². The Bertz CT molecular complexity index is 533. The molecule has 0 aliphatic carbocycles. The second kappa shape index (κ2) is 5.53. The molecule has 3 heterocycles. The third-order valence-corrected chi connectivity index (χ3v) is 5.36. The van der Waals surface area contributed by atoms with Crippen molar-refractivity contribution in [3.63, 3.8) is 0 Å². The van der Waals surface area contributed by atoms with Crippen molar-refractivity contribution in [1.29, 1.82) is 0 Å². The van der Waals surface area contributed by atoms with E-state index in [4.69, 9.17) is 0 Å². The molecule has 0 saturated carbocycles. The summed E-state index contributed by atoms with van der Waals surface area (Å²) < 4.78 is 29.3. The summed E-state index contributed by atoms with van der Waals surface area (Å²) in [6, 6.07) is 1.51. The zero-order chi connectivity index (χ0) is 15.0. The van der Waals surface area contributed by atoms with Crippen LogP contribution in [0.5, 0.6) is 5.75 Å². The van der Waals surface area contributed by atoms with Crippen LogP contribution in [0, 0.1) is 12.3 Å². The number of carbonyl (C=O) groups is 1. The van der Waals surface area contributed by atoms with Gasteiger partial charge in [0, 0.05) is 31.1 Å². The van der Waals surface area contributed by atoms with Gasteiger partial charge in [0.25, 0.3) is 5.91 Å². The topological polar surface area (TPSA) is 41.6 Å². The van der Waals surface area contributed by atoms with E-state index >= 15 is 0 Å². The highest BCUT2D eigenvalue weighted by Crippen LogP contribution is 2.37. The average molecular weight is 316 g/mol. The third kappa shape index (κ3) is 2.89. The first-order valence-corrected chi connectivity index (χ1v) is 7.86. The van der Waals surface area contributed by atoms with Crippen molar-refractivity contribution in [3.8, 4) is 5.75 Å². The van der Waals surface area contributed by atoms with Crippen LogP contribution in [0.1, 0.15) is 27.4 Å². The number of piperidine rings is 1. The first-order chi connectivity index (χ1) is 9.99. The molecule has 3 rings (SSSR count). The Balaban J connectivity index is 1.70. The third-order valence-electron chi connectivity index (χ3n) is 4.34. The number of thiophene rings is 1. The minimum atomic E-state index is -2.91. The van der Waals surface area contributed by atoms with E-state index in [0.717, 1.165) is 30.8 Å². The molecule has 2 saturated heterocycles. The van der Waals surface area contributed by atoms with Crippen molar-refractivity contribution in [2.75, 3.05) is 26.2 Å². The van der Waals surface area contributed by atoms with Gasteiger partial charge in [0.1, 0.15) is 10.6 Å². The van der Waals surface area contributed by atoms with Gasteiger partial charge < -0.3 is 15.0 Å². The minimum Gasteiger partial charge on any atom is -0.433 e. The fraction of sp³-hybridized carbons (Fsp3) is 0.643. The molecular formula is C14H18F2N2O2S. The van der Waals surface area contributed by atoms with E-state index in [2.05, 4.69) is 10.1 Å². The Morgan fingerprint density at radius 3 is 2.62 bits per heavy atom. The largest absolute Gasteiger partial charge is 0.433 e. The number of carbonyl (C=O) groups excluding carboxylic acids is 1. The summed E-state index contributed by atoms with van der Waals surface area (Å²) in [6.07, 6.45) is 1.95. The molecule has 1 N–H and O–H groups in total. The summed E-state index contributed by atoms with van der Waals surface area (Å²) in [5.74, 6) is -0.186. The van der Waals surface area contributed by atoms with Crippen LogP contribution in [0.15, 0.2) is 6.07 Å². The van der Waals surface area contributed by atoms with Gasteiger partial charge in [0.2, 0.25) is 0 Å². The zero-order valence-electron chi connectivity index (χ0n) is 11.8. The lowest BCUT2D eigenvalue weighted by molar-refractivity contribution is -0.0500. The number of alkyl halides is 2. The monoisotopic (exact) mass is 316 g/mol. The molecule has 1 amide bonds. The van der Waals surface area contributed by atoms with E-state index < -0.39 is 6.61 Å². The standard InChI is InChI=1S/C14H18F2N2O2S/c1-9-6-10(20-13(15)16)11(21-9)12(19)18-4-2-14(3-5-18)7-17-8-14/h6,13,17H,2-5,7-8H2,1H3. The van der Waals surface area contributed by atoms with E-state index in [1.54, 1.807) is 11.8 Å². The van der Waals surface area contributed by atoms with E-state index in [9.17, 15) is 13.6 Å². The van der Waals surface area contributed by atoms with Crippen LogP contribution < -0.4 is 10.1 Å². The number of nitrogens with one attached hydrogen (secondary N) is 1. The molecule has 116 valence electrons. The van der Waals surface area contributed by atoms with Crippen molar-refractivity contribution in [2.45, 2.75) is 26.4 Å². The number of halogens is 2. The van der Waals surface area contributed by atoms with Gasteiger partial charge in [-0.1, -0.05) is 0 Å². The highest BCUT2D eigenvalue weighted by molar-refractivity contribution is 7.14. The molecule has 4 nitrogen and oxygen atoms in total. The number of hydrogen-bond donors (Lipinski definition) is 1. The molecule has 21 heavy (non-hydrogen) atoms. The number of ether oxygens (including phenoxy) is 1. The number of rotatable bonds is 3. The van der Waals surface area contributed by atoms with Crippen molar-refractivity contribution in [3.05, 3.63) is 15.8 Å².